The van der Waals surface area contributed by atoms with Crippen molar-refractivity contribution in [2.45, 2.75) is 18.1 Å². The van der Waals surface area contributed by atoms with Gasteiger partial charge in [-0.1, -0.05) is 30.3 Å². The first-order valence-electron chi connectivity index (χ1n) is 10.5. The van der Waals surface area contributed by atoms with Crippen molar-refractivity contribution < 1.29 is 14.3 Å². The van der Waals surface area contributed by atoms with Gasteiger partial charge in [0.25, 0.3) is 0 Å². The molecule has 1 spiro atoms. The van der Waals surface area contributed by atoms with Crippen LogP contribution in [0.2, 0.25) is 0 Å². The highest BCUT2D eigenvalue weighted by molar-refractivity contribution is 5.76. The Kier molecular flexibility index (Phi) is 5.00. The first-order valence-corrected chi connectivity index (χ1v) is 10.5. The Morgan fingerprint density at radius 2 is 1.71 bits per heavy atom. The minimum absolute atomic E-state index is 0.0728. The summed E-state index contributed by atoms with van der Waals surface area (Å²) in [6.45, 7) is 9.97. The molecule has 7 heteroatoms. The number of carbonyl (C=O) groups is 1. The lowest BCUT2D eigenvalue weighted by Gasteiger charge is -2.63. The molecule has 0 unspecified atom stereocenters. The van der Waals surface area contributed by atoms with Crippen LogP contribution in [0.5, 0.6) is 0 Å². The maximum atomic E-state index is 12.9. The molecule has 4 aliphatic heterocycles. The number of amides is 2. The number of nitrogens with zero attached hydrogens (tertiary/aromatic N) is 4. The van der Waals surface area contributed by atoms with E-state index < -0.39 is 0 Å². The van der Waals surface area contributed by atoms with E-state index in [1.54, 1.807) is 0 Å². The van der Waals surface area contributed by atoms with Gasteiger partial charge in [-0.05, 0) is 5.56 Å². The number of carbonyl (C=O) groups excluding carboxylic acids is 1. The number of ether oxygens (including phenoxy) is 2. The number of hydrogen-bond acceptors (Lipinski definition) is 5. The second-order valence-electron chi connectivity index (χ2n) is 8.54. The Morgan fingerprint density at radius 3 is 2.50 bits per heavy atom. The van der Waals surface area contributed by atoms with Crippen LogP contribution in [0.25, 0.3) is 0 Å². The van der Waals surface area contributed by atoms with Gasteiger partial charge in [0.05, 0.1) is 32.0 Å². The SMILES string of the molecule is O=C(N1CCOCC1)N1CC2(CN(Cc3ccccc3)C[C@@H]3COCCN32)C1. The van der Waals surface area contributed by atoms with Crippen molar-refractivity contribution >= 4 is 6.03 Å². The minimum atomic E-state index is 0.0728. The topological polar surface area (TPSA) is 48.5 Å². The van der Waals surface area contributed by atoms with E-state index in [2.05, 4.69) is 40.1 Å². The summed E-state index contributed by atoms with van der Waals surface area (Å²) in [6, 6.07) is 11.3. The van der Waals surface area contributed by atoms with E-state index in [1.807, 2.05) is 9.80 Å². The van der Waals surface area contributed by atoms with Gasteiger partial charge in [0, 0.05) is 58.4 Å². The van der Waals surface area contributed by atoms with Crippen molar-refractivity contribution in [2.75, 3.05) is 72.2 Å². The highest BCUT2D eigenvalue weighted by Gasteiger charge is 2.55. The zero-order valence-electron chi connectivity index (χ0n) is 16.5. The fourth-order valence-electron chi connectivity index (χ4n) is 5.30. The lowest BCUT2D eigenvalue weighted by Crippen LogP contribution is -2.81. The van der Waals surface area contributed by atoms with Crippen LogP contribution in [-0.4, -0.2) is 109 Å². The van der Waals surface area contributed by atoms with Gasteiger partial charge in [0.15, 0.2) is 0 Å². The number of hydrogen-bond donors (Lipinski definition) is 0. The molecule has 1 aromatic rings. The second-order valence-corrected chi connectivity index (χ2v) is 8.54. The van der Waals surface area contributed by atoms with Gasteiger partial charge >= 0.3 is 6.03 Å². The van der Waals surface area contributed by atoms with E-state index >= 15 is 0 Å². The van der Waals surface area contributed by atoms with E-state index in [1.165, 1.54) is 5.56 Å². The molecule has 0 bridgehead atoms. The lowest BCUT2D eigenvalue weighted by molar-refractivity contribution is -0.158. The summed E-state index contributed by atoms with van der Waals surface area (Å²) >= 11 is 0. The first kappa shape index (κ1) is 18.4. The van der Waals surface area contributed by atoms with E-state index in [0.29, 0.717) is 32.3 Å². The molecular weight excluding hydrogens is 356 g/mol. The van der Waals surface area contributed by atoms with Crippen molar-refractivity contribution in [1.82, 2.24) is 19.6 Å². The maximum Gasteiger partial charge on any atom is 0.320 e. The molecule has 0 radical (unpaired) electrons. The predicted molar refractivity (Wildman–Crippen MR) is 105 cm³/mol. The third-order valence-corrected chi connectivity index (χ3v) is 6.60. The number of likely N-dealkylation sites (tertiary alicyclic amines) is 1. The maximum absolute atomic E-state index is 12.9. The third kappa shape index (κ3) is 3.41. The number of benzene rings is 1. The Balaban J connectivity index is 1.28. The quantitative estimate of drug-likeness (QED) is 0.749. The molecule has 4 heterocycles. The van der Waals surface area contributed by atoms with Gasteiger partial charge in [-0.15, -0.1) is 0 Å². The van der Waals surface area contributed by atoms with E-state index in [-0.39, 0.29) is 11.6 Å². The first-order chi connectivity index (χ1) is 13.7. The minimum Gasteiger partial charge on any atom is -0.378 e. The summed E-state index contributed by atoms with van der Waals surface area (Å²) in [7, 11) is 0. The third-order valence-electron chi connectivity index (χ3n) is 6.60. The number of rotatable bonds is 2. The molecule has 28 heavy (non-hydrogen) atoms. The predicted octanol–water partition coefficient (Wildman–Crippen LogP) is 0.710. The fourth-order valence-corrected chi connectivity index (χ4v) is 5.30. The Bertz CT molecular complexity index is 688. The molecule has 7 nitrogen and oxygen atoms in total. The summed E-state index contributed by atoms with van der Waals surface area (Å²) in [4.78, 5) is 22.0. The number of morpholine rings is 2. The summed E-state index contributed by atoms with van der Waals surface area (Å²) in [5.41, 5.74) is 1.42. The van der Waals surface area contributed by atoms with Gasteiger partial charge in [-0.2, -0.15) is 0 Å². The summed E-state index contributed by atoms with van der Waals surface area (Å²) in [5.74, 6) is 0. The average molecular weight is 386 g/mol. The molecule has 0 N–H and O–H groups in total. The summed E-state index contributed by atoms with van der Waals surface area (Å²) < 4.78 is 11.2. The largest absolute Gasteiger partial charge is 0.378 e. The molecule has 152 valence electrons. The smallest absolute Gasteiger partial charge is 0.320 e. The molecule has 5 rings (SSSR count). The van der Waals surface area contributed by atoms with E-state index in [4.69, 9.17) is 9.47 Å². The Hall–Kier alpha value is -1.67. The Morgan fingerprint density at radius 1 is 0.964 bits per heavy atom. The van der Waals surface area contributed by atoms with Crippen LogP contribution in [0.1, 0.15) is 5.56 Å². The zero-order valence-corrected chi connectivity index (χ0v) is 16.5. The molecule has 1 atom stereocenters. The molecule has 0 aromatic heterocycles. The molecule has 1 aromatic carbocycles. The van der Waals surface area contributed by atoms with Crippen LogP contribution in [0.15, 0.2) is 30.3 Å². The molecule has 2 amide bonds. The average Bonchev–Trinajstić information content (AvgIpc) is 2.72. The van der Waals surface area contributed by atoms with Crippen LogP contribution < -0.4 is 0 Å². The summed E-state index contributed by atoms with van der Waals surface area (Å²) in [5, 5.41) is 0. The Labute approximate surface area is 166 Å². The second kappa shape index (κ2) is 7.63. The van der Waals surface area contributed by atoms with Gasteiger partial charge in [0.1, 0.15) is 0 Å². The number of fused-ring (bicyclic) bond motifs is 2. The van der Waals surface area contributed by atoms with Gasteiger partial charge in [-0.25, -0.2) is 4.79 Å². The van der Waals surface area contributed by atoms with Crippen LogP contribution in [0.3, 0.4) is 0 Å². The normalized spacial score (nSPS) is 28.1. The number of piperazine rings is 1. The summed E-state index contributed by atoms with van der Waals surface area (Å²) in [6.07, 6.45) is 0. The molecule has 0 saturated carbocycles. The molecule has 0 aliphatic carbocycles. The lowest BCUT2D eigenvalue weighted by atomic mass is 9.82. The fraction of sp³-hybridized carbons (Fsp3) is 0.667. The van der Waals surface area contributed by atoms with Gasteiger partial charge in [-0.3, -0.25) is 9.80 Å². The standard InChI is InChI=1S/C21H30N4O3/c26-20(23-6-9-27-10-7-23)24-16-21(17-24)15-22(12-18-4-2-1-3-5-18)13-19-14-28-11-8-25(19)21/h1-5,19H,6-17H2/t19-/m1/s1. The van der Waals surface area contributed by atoms with Crippen molar-refractivity contribution in [2.24, 2.45) is 0 Å². The monoisotopic (exact) mass is 386 g/mol. The van der Waals surface area contributed by atoms with Crippen LogP contribution >= 0.6 is 0 Å². The van der Waals surface area contributed by atoms with Gasteiger partial charge in [0.2, 0.25) is 0 Å². The van der Waals surface area contributed by atoms with Crippen LogP contribution in [0.4, 0.5) is 4.79 Å². The van der Waals surface area contributed by atoms with Gasteiger partial charge < -0.3 is 19.3 Å². The van der Waals surface area contributed by atoms with Crippen LogP contribution in [-0.2, 0) is 16.0 Å². The highest BCUT2D eigenvalue weighted by Crippen LogP contribution is 2.36. The van der Waals surface area contributed by atoms with Crippen molar-refractivity contribution in [3.63, 3.8) is 0 Å². The number of urea groups is 1. The van der Waals surface area contributed by atoms with Crippen molar-refractivity contribution in [3.05, 3.63) is 35.9 Å². The van der Waals surface area contributed by atoms with E-state index in [9.17, 15) is 4.79 Å². The van der Waals surface area contributed by atoms with Crippen LogP contribution in [0, 0.1) is 0 Å². The molecular formula is C21H30N4O3. The van der Waals surface area contributed by atoms with E-state index in [0.717, 1.165) is 52.5 Å². The highest BCUT2D eigenvalue weighted by atomic mass is 16.5. The van der Waals surface area contributed by atoms with Crippen molar-refractivity contribution in [3.8, 4) is 0 Å². The molecule has 4 saturated heterocycles. The molecule has 4 fully saturated rings. The zero-order chi connectivity index (χ0) is 19.0. The van der Waals surface area contributed by atoms with Crippen molar-refractivity contribution in [1.29, 1.82) is 0 Å². The molecule has 4 aliphatic rings.